The van der Waals surface area contributed by atoms with Crippen molar-refractivity contribution < 1.29 is 23.5 Å². The van der Waals surface area contributed by atoms with Gasteiger partial charge in [0.1, 0.15) is 6.61 Å². The van der Waals surface area contributed by atoms with E-state index in [0.29, 0.717) is 36.0 Å². The van der Waals surface area contributed by atoms with Gasteiger partial charge < -0.3 is 23.6 Å². The third-order valence-electron chi connectivity index (χ3n) is 4.28. The molecule has 0 bridgehead atoms. The molecule has 0 spiro atoms. The van der Waals surface area contributed by atoms with Gasteiger partial charge in [-0.25, -0.2) is 0 Å². The zero-order chi connectivity index (χ0) is 17.6. The van der Waals surface area contributed by atoms with E-state index in [-0.39, 0.29) is 18.6 Å². The van der Waals surface area contributed by atoms with Crippen molar-refractivity contribution in [2.45, 2.75) is 25.6 Å². The Morgan fingerprint density at radius 2 is 1.96 bits per heavy atom. The number of piperidine rings is 1. The van der Waals surface area contributed by atoms with E-state index in [1.165, 1.54) is 0 Å². The fourth-order valence-electron chi connectivity index (χ4n) is 2.83. The van der Waals surface area contributed by atoms with Crippen LogP contribution in [-0.4, -0.2) is 49.4 Å². The monoisotopic (exact) mass is 346 g/mol. The number of hydrogen-bond donors (Lipinski definition) is 0. The lowest BCUT2D eigenvalue weighted by molar-refractivity contribution is 0.0345. The largest absolute Gasteiger partial charge is 0.493 e. The lowest BCUT2D eigenvalue weighted by Crippen LogP contribution is -2.40. The van der Waals surface area contributed by atoms with Gasteiger partial charge in [-0.15, -0.1) is 0 Å². The molecule has 134 valence electrons. The normalized spacial score (nSPS) is 15.2. The van der Waals surface area contributed by atoms with Gasteiger partial charge in [-0.05, 0) is 25.0 Å². The van der Waals surface area contributed by atoms with Crippen LogP contribution in [0.2, 0.25) is 0 Å². The summed E-state index contributed by atoms with van der Waals surface area (Å²) < 4.78 is 21.5. The molecule has 2 heterocycles. The molecule has 1 aromatic heterocycles. The molecular formula is C18H22N2O5. The van der Waals surface area contributed by atoms with Crippen LogP contribution in [0, 0.1) is 0 Å². The van der Waals surface area contributed by atoms with E-state index in [4.69, 9.17) is 18.7 Å². The summed E-state index contributed by atoms with van der Waals surface area (Å²) in [7, 11) is 3.29. The predicted octanol–water partition coefficient (Wildman–Crippen LogP) is 2.51. The number of para-hydroxylation sites is 2. The molecule has 0 aliphatic carbocycles. The summed E-state index contributed by atoms with van der Waals surface area (Å²) in [5.74, 6) is 1.61. The third kappa shape index (κ3) is 4.11. The Morgan fingerprint density at radius 1 is 1.24 bits per heavy atom. The maximum atomic E-state index is 12.5. The van der Waals surface area contributed by atoms with Crippen molar-refractivity contribution in [3.8, 4) is 11.5 Å². The average Bonchev–Trinajstić information content (AvgIpc) is 3.15. The van der Waals surface area contributed by atoms with Gasteiger partial charge in [-0.1, -0.05) is 17.3 Å². The first-order valence-corrected chi connectivity index (χ1v) is 8.24. The van der Waals surface area contributed by atoms with Gasteiger partial charge >= 0.3 is 0 Å². The van der Waals surface area contributed by atoms with Gasteiger partial charge in [-0.3, -0.25) is 4.79 Å². The molecule has 1 amide bonds. The number of carbonyl (C=O) groups excluding carboxylic acids is 1. The van der Waals surface area contributed by atoms with Crippen molar-refractivity contribution in [2.24, 2.45) is 0 Å². The Balaban J connectivity index is 1.58. The molecule has 1 aromatic carbocycles. The molecule has 0 N–H and O–H groups in total. The Kier molecular flexibility index (Phi) is 5.55. The number of hydrogen-bond acceptors (Lipinski definition) is 6. The molecule has 0 radical (unpaired) electrons. The first-order valence-electron chi connectivity index (χ1n) is 8.24. The van der Waals surface area contributed by atoms with Crippen LogP contribution in [0.15, 0.2) is 34.9 Å². The quantitative estimate of drug-likeness (QED) is 0.800. The van der Waals surface area contributed by atoms with Crippen LogP contribution in [0.5, 0.6) is 11.5 Å². The van der Waals surface area contributed by atoms with E-state index in [0.717, 1.165) is 12.8 Å². The average molecular weight is 346 g/mol. The summed E-state index contributed by atoms with van der Waals surface area (Å²) in [5.41, 5.74) is 0.300. The SMILES string of the molecule is COc1ccccc1OCc1cc(C(=O)N2CCC(OC)CC2)no1. The molecule has 1 fully saturated rings. The predicted molar refractivity (Wildman–Crippen MR) is 89.8 cm³/mol. The zero-order valence-electron chi connectivity index (χ0n) is 14.4. The highest BCUT2D eigenvalue weighted by Gasteiger charge is 2.25. The number of amides is 1. The highest BCUT2D eigenvalue weighted by atomic mass is 16.5. The van der Waals surface area contributed by atoms with Crippen molar-refractivity contribution in [2.75, 3.05) is 27.3 Å². The van der Waals surface area contributed by atoms with Gasteiger partial charge in [0.05, 0.1) is 13.2 Å². The van der Waals surface area contributed by atoms with E-state index >= 15 is 0 Å². The second-order valence-corrected chi connectivity index (χ2v) is 5.85. The number of rotatable bonds is 6. The van der Waals surface area contributed by atoms with E-state index < -0.39 is 0 Å². The molecule has 7 nitrogen and oxygen atoms in total. The van der Waals surface area contributed by atoms with E-state index in [9.17, 15) is 4.79 Å². The third-order valence-corrected chi connectivity index (χ3v) is 4.28. The summed E-state index contributed by atoms with van der Waals surface area (Å²) in [6.07, 6.45) is 1.90. The van der Waals surface area contributed by atoms with Crippen LogP contribution in [0.3, 0.4) is 0 Å². The second-order valence-electron chi connectivity index (χ2n) is 5.85. The minimum Gasteiger partial charge on any atom is -0.493 e. The van der Waals surface area contributed by atoms with Gasteiger partial charge in [-0.2, -0.15) is 0 Å². The molecule has 1 aliphatic heterocycles. The summed E-state index contributed by atoms with van der Waals surface area (Å²) in [6, 6.07) is 8.97. The van der Waals surface area contributed by atoms with Crippen molar-refractivity contribution in [3.05, 3.63) is 41.8 Å². The van der Waals surface area contributed by atoms with Gasteiger partial charge in [0.2, 0.25) is 0 Å². The summed E-state index contributed by atoms with van der Waals surface area (Å²) in [4.78, 5) is 14.3. The number of carbonyl (C=O) groups is 1. The minimum atomic E-state index is -0.123. The first kappa shape index (κ1) is 17.3. The second kappa shape index (κ2) is 8.02. The van der Waals surface area contributed by atoms with Crippen LogP contribution >= 0.6 is 0 Å². The molecule has 0 saturated carbocycles. The van der Waals surface area contributed by atoms with Crippen molar-refractivity contribution in [3.63, 3.8) is 0 Å². The molecule has 0 unspecified atom stereocenters. The van der Waals surface area contributed by atoms with E-state index in [1.807, 2.05) is 18.2 Å². The van der Waals surface area contributed by atoms with Crippen molar-refractivity contribution in [1.29, 1.82) is 0 Å². The maximum Gasteiger partial charge on any atom is 0.276 e. The number of ether oxygens (including phenoxy) is 3. The number of benzene rings is 1. The Bertz CT molecular complexity index is 707. The molecule has 25 heavy (non-hydrogen) atoms. The van der Waals surface area contributed by atoms with Crippen LogP contribution < -0.4 is 9.47 Å². The highest BCUT2D eigenvalue weighted by molar-refractivity contribution is 5.92. The molecule has 3 rings (SSSR count). The van der Waals surface area contributed by atoms with Gasteiger partial charge in [0.15, 0.2) is 23.0 Å². The molecule has 7 heteroatoms. The van der Waals surface area contributed by atoms with Crippen LogP contribution in [-0.2, 0) is 11.3 Å². The first-order chi connectivity index (χ1) is 12.2. The molecular weight excluding hydrogens is 324 g/mol. The number of likely N-dealkylation sites (tertiary alicyclic amines) is 1. The van der Waals surface area contributed by atoms with E-state index in [2.05, 4.69) is 5.16 Å². The molecule has 1 saturated heterocycles. The van der Waals surface area contributed by atoms with Gasteiger partial charge in [0, 0.05) is 26.3 Å². The van der Waals surface area contributed by atoms with Crippen molar-refractivity contribution in [1.82, 2.24) is 10.1 Å². The van der Waals surface area contributed by atoms with Crippen LogP contribution in [0.1, 0.15) is 29.1 Å². The topological polar surface area (TPSA) is 74.0 Å². The zero-order valence-corrected chi connectivity index (χ0v) is 14.4. The summed E-state index contributed by atoms with van der Waals surface area (Å²) >= 11 is 0. The lowest BCUT2D eigenvalue weighted by atomic mass is 10.1. The summed E-state index contributed by atoms with van der Waals surface area (Å²) in [6.45, 7) is 1.50. The highest BCUT2D eigenvalue weighted by Crippen LogP contribution is 2.26. The fourth-order valence-corrected chi connectivity index (χ4v) is 2.83. The number of aromatic nitrogens is 1. The van der Waals surface area contributed by atoms with Crippen molar-refractivity contribution >= 4 is 5.91 Å². The standard InChI is InChI=1S/C18H22N2O5/c1-22-13-7-9-20(10-8-13)18(21)15-11-14(25-19-15)12-24-17-6-4-3-5-16(17)23-2/h3-6,11,13H,7-10,12H2,1-2H3. The number of nitrogens with zero attached hydrogens (tertiary/aromatic N) is 2. The number of methoxy groups -OCH3 is 2. The molecule has 2 aromatic rings. The fraction of sp³-hybridized carbons (Fsp3) is 0.444. The Labute approximate surface area is 146 Å². The Morgan fingerprint density at radius 3 is 2.64 bits per heavy atom. The smallest absolute Gasteiger partial charge is 0.276 e. The van der Waals surface area contributed by atoms with Gasteiger partial charge in [0.25, 0.3) is 5.91 Å². The summed E-state index contributed by atoms with van der Waals surface area (Å²) in [5, 5.41) is 3.88. The minimum absolute atomic E-state index is 0.123. The van der Waals surface area contributed by atoms with Crippen LogP contribution in [0.25, 0.3) is 0 Å². The lowest BCUT2D eigenvalue weighted by Gasteiger charge is -2.30. The molecule has 0 atom stereocenters. The van der Waals surface area contributed by atoms with Crippen LogP contribution in [0.4, 0.5) is 0 Å². The maximum absolute atomic E-state index is 12.5. The molecule has 1 aliphatic rings. The Hall–Kier alpha value is -2.54. The van der Waals surface area contributed by atoms with E-state index in [1.54, 1.807) is 31.3 Å².